The maximum absolute atomic E-state index is 5.34. The number of pyridine rings is 1. The van der Waals surface area contributed by atoms with Crippen LogP contribution in [0.1, 0.15) is 5.56 Å². The van der Waals surface area contributed by atoms with E-state index in [0.29, 0.717) is 22.7 Å². The van der Waals surface area contributed by atoms with E-state index in [0.717, 1.165) is 28.1 Å². The van der Waals surface area contributed by atoms with Gasteiger partial charge in [-0.3, -0.25) is 5.10 Å². The Bertz CT molecular complexity index is 1090. The fraction of sp³-hybridized carbons (Fsp3) is 0.158. The Kier molecular flexibility index (Phi) is 3.96. The average molecular weight is 347 g/mol. The maximum atomic E-state index is 5.34. The number of ether oxygens (including phenoxy) is 2. The molecule has 7 heteroatoms. The first-order valence-electron chi connectivity index (χ1n) is 8.06. The summed E-state index contributed by atoms with van der Waals surface area (Å²) in [6, 6.07) is 9.62. The summed E-state index contributed by atoms with van der Waals surface area (Å²) < 4.78 is 10.6. The molecule has 0 fully saturated rings. The average Bonchev–Trinajstić information content (AvgIpc) is 3.10. The lowest BCUT2D eigenvalue weighted by Gasteiger charge is -2.08. The molecule has 0 saturated heterocycles. The number of benzene rings is 1. The minimum absolute atomic E-state index is 0.506. The van der Waals surface area contributed by atoms with Gasteiger partial charge in [0, 0.05) is 11.8 Å². The van der Waals surface area contributed by atoms with E-state index in [1.807, 2.05) is 37.3 Å². The van der Waals surface area contributed by atoms with Crippen molar-refractivity contribution in [3.63, 3.8) is 0 Å². The molecule has 0 saturated carbocycles. The van der Waals surface area contributed by atoms with Crippen molar-refractivity contribution in [3.8, 4) is 34.1 Å². The third-order valence-corrected chi connectivity index (χ3v) is 4.21. The van der Waals surface area contributed by atoms with Crippen LogP contribution >= 0.6 is 0 Å². The third kappa shape index (κ3) is 2.63. The quantitative estimate of drug-likeness (QED) is 0.609. The number of nitrogens with one attached hydrogen (secondary N) is 1. The van der Waals surface area contributed by atoms with Crippen molar-refractivity contribution in [1.82, 2.24) is 25.1 Å². The second kappa shape index (κ2) is 6.44. The first kappa shape index (κ1) is 16.0. The van der Waals surface area contributed by atoms with Crippen LogP contribution in [0.3, 0.4) is 0 Å². The lowest BCUT2D eigenvalue weighted by molar-refractivity contribution is 0.399. The number of rotatable bonds is 4. The first-order valence-corrected chi connectivity index (χ1v) is 8.06. The number of aryl methyl sites for hydroxylation is 1. The van der Waals surface area contributed by atoms with Gasteiger partial charge in [0.2, 0.25) is 5.88 Å². The highest BCUT2D eigenvalue weighted by atomic mass is 16.5. The molecular formula is C19H17N5O2. The van der Waals surface area contributed by atoms with Crippen LogP contribution in [0.4, 0.5) is 0 Å². The predicted octanol–water partition coefficient (Wildman–Crippen LogP) is 3.41. The summed E-state index contributed by atoms with van der Waals surface area (Å²) in [6.45, 7) is 2.02. The maximum Gasteiger partial charge on any atom is 0.222 e. The number of aromatic nitrogens is 5. The summed E-state index contributed by atoms with van der Waals surface area (Å²) >= 11 is 0. The third-order valence-electron chi connectivity index (χ3n) is 4.21. The van der Waals surface area contributed by atoms with Crippen molar-refractivity contribution in [3.05, 3.63) is 48.3 Å². The molecule has 0 bridgehead atoms. The van der Waals surface area contributed by atoms with Gasteiger partial charge in [-0.05, 0) is 42.8 Å². The summed E-state index contributed by atoms with van der Waals surface area (Å²) in [7, 11) is 3.24. The van der Waals surface area contributed by atoms with E-state index < -0.39 is 0 Å². The van der Waals surface area contributed by atoms with E-state index >= 15 is 0 Å². The predicted molar refractivity (Wildman–Crippen MR) is 98.2 cm³/mol. The fourth-order valence-corrected chi connectivity index (χ4v) is 2.90. The largest absolute Gasteiger partial charge is 0.497 e. The Hall–Kier alpha value is -3.48. The topological polar surface area (TPSA) is 85.8 Å². The molecule has 0 aliphatic rings. The van der Waals surface area contributed by atoms with Crippen LogP contribution in [-0.2, 0) is 0 Å². The van der Waals surface area contributed by atoms with Crippen LogP contribution in [0.15, 0.2) is 42.7 Å². The van der Waals surface area contributed by atoms with E-state index in [-0.39, 0.29) is 0 Å². The highest BCUT2D eigenvalue weighted by Crippen LogP contribution is 2.32. The summed E-state index contributed by atoms with van der Waals surface area (Å²) in [4.78, 5) is 13.4. The number of nitrogens with zero attached hydrogens (tertiary/aromatic N) is 4. The van der Waals surface area contributed by atoms with Gasteiger partial charge in [-0.15, -0.1) is 0 Å². The smallest absolute Gasteiger partial charge is 0.222 e. The van der Waals surface area contributed by atoms with Gasteiger partial charge >= 0.3 is 0 Å². The minimum atomic E-state index is 0.506. The van der Waals surface area contributed by atoms with Crippen LogP contribution in [0.2, 0.25) is 0 Å². The van der Waals surface area contributed by atoms with Crippen LogP contribution in [0, 0.1) is 6.92 Å². The van der Waals surface area contributed by atoms with E-state index in [1.54, 1.807) is 26.6 Å². The number of H-pyrrole nitrogens is 1. The van der Waals surface area contributed by atoms with Crippen molar-refractivity contribution in [2.45, 2.75) is 6.92 Å². The number of aromatic amines is 1. The number of hydrogen-bond acceptors (Lipinski definition) is 6. The Morgan fingerprint density at radius 3 is 2.65 bits per heavy atom. The Morgan fingerprint density at radius 1 is 1.00 bits per heavy atom. The van der Waals surface area contributed by atoms with E-state index in [4.69, 9.17) is 14.5 Å². The molecule has 1 N–H and O–H groups in total. The summed E-state index contributed by atoms with van der Waals surface area (Å²) in [5.41, 5.74) is 5.58. The molecule has 0 atom stereocenters. The van der Waals surface area contributed by atoms with Crippen LogP contribution in [0.25, 0.3) is 33.7 Å². The zero-order valence-corrected chi connectivity index (χ0v) is 14.6. The highest BCUT2D eigenvalue weighted by Gasteiger charge is 2.16. The van der Waals surface area contributed by atoms with Crippen LogP contribution in [-0.4, -0.2) is 39.4 Å². The standard InChI is InChI=1S/C19H17N5O2/c1-11-9-12(25-2)6-7-13(11)16-17-18(24-23-16)21-10-15(22-17)14-5-4-8-20-19(14)26-3/h4-10H,1-3H3,(H,21,23,24). The second-order valence-corrected chi connectivity index (χ2v) is 5.77. The fourth-order valence-electron chi connectivity index (χ4n) is 2.90. The molecule has 3 heterocycles. The molecule has 4 rings (SSSR count). The van der Waals surface area contributed by atoms with Gasteiger partial charge in [0.05, 0.1) is 37.4 Å². The molecule has 7 nitrogen and oxygen atoms in total. The molecule has 0 aliphatic heterocycles. The normalized spacial score (nSPS) is 10.9. The van der Waals surface area contributed by atoms with E-state index in [1.165, 1.54) is 0 Å². The summed E-state index contributed by atoms with van der Waals surface area (Å²) in [5.74, 6) is 1.31. The summed E-state index contributed by atoms with van der Waals surface area (Å²) in [5, 5.41) is 7.33. The highest BCUT2D eigenvalue weighted by molar-refractivity contribution is 5.89. The van der Waals surface area contributed by atoms with Crippen molar-refractivity contribution < 1.29 is 9.47 Å². The molecule has 4 aromatic rings. The van der Waals surface area contributed by atoms with Gasteiger partial charge in [-0.2, -0.15) is 5.10 Å². The minimum Gasteiger partial charge on any atom is -0.497 e. The van der Waals surface area contributed by atoms with Gasteiger partial charge in [0.1, 0.15) is 11.3 Å². The molecule has 3 aromatic heterocycles. The molecule has 0 amide bonds. The monoisotopic (exact) mass is 347 g/mol. The van der Waals surface area contributed by atoms with Crippen molar-refractivity contribution >= 4 is 11.2 Å². The van der Waals surface area contributed by atoms with Gasteiger partial charge in [0.25, 0.3) is 0 Å². The Morgan fingerprint density at radius 2 is 1.88 bits per heavy atom. The van der Waals surface area contributed by atoms with Gasteiger partial charge < -0.3 is 9.47 Å². The Balaban J connectivity index is 1.88. The second-order valence-electron chi connectivity index (χ2n) is 5.77. The van der Waals surface area contributed by atoms with Crippen molar-refractivity contribution in [2.24, 2.45) is 0 Å². The lowest BCUT2D eigenvalue weighted by Crippen LogP contribution is -1.94. The molecule has 0 radical (unpaired) electrons. The molecule has 1 aromatic carbocycles. The first-order chi connectivity index (χ1) is 12.7. The van der Waals surface area contributed by atoms with Gasteiger partial charge in [-0.1, -0.05) is 0 Å². The summed E-state index contributed by atoms with van der Waals surface area (Å²) in [6.07, 6.45) is 3.35. The van der Waals surface area contributed by atoms with Crippen molar-refractivity contribution in [1.29, 1.82) is 0 Å². The van der Waals surface area contributed by atoms with Gasteiger partial charge in [-0.25, -0.2) is 15.0 Å². The molecule has 130 valence electrons. The lowest BCUT2D eigenvalue weighted by atomic mass is 10.0. The zero-order chi connectivity index (χ0) is 18.1. The zero-order valence-electron chi connectivity index (χ0n) is 14.6. The molecular weight excluding hydrogens is 330 g/mol. The molecule has 26 heavy (non-hydrogen) atoms. The van der Waals surface area contributed by atoms with Crippen LogP contribution in [0.5, 0.6) is 11.6 Å². The Labute approximate surface area is 150 Å². The SMILES string of the molecule is COc1ccc(-c2[nH]nc3ncc(-c4cccnc4OC)nc23)c(C)c1. The number of hydrogen-bond donors (Lipinski definition) is 1. The van der Waals surface area contributed by atoms with E-state index in [2.05, 4.69) is 20.2 Å². The number of methoxy groups -OCH3 is 2. The van der Waals surface area contributed by atoms with E-state index in [9.17, 15) is 0 Å². The molecule has 0 unspecified atom stereocenters. The molecule has 0 spiro atoms. The van der Waals surface area contributed by atoms with Crippen LogP contribution < -0.4 is 9.47 Å². The van der Waals surface area contributed by atoms with Crippen molar-refractivity contribution in [2.75, 3.05) is 14.2 Å². The molecule has 0 aliphatic carbocycles. The number of fused-ring (bicyclic) bond motifs is 1. The van der Waals surface area contributed by atoms with Gasteiger partial charge in [0.15, 0.2) is 5.65 Å².